The molecule has 0 bridgehead atoms. The van der Waals surface area contributed by atoms with E-state index in [-0.39, 0.29) is 17.1 Å². The van der Waals surface area contributed by atoms with E-state index in [1.165, 1.54) is 42.9 Å². The molecule has 9 nitrogen and oxygen atoms in total. The van der Waals surface area contributed by atoms with Crippen molar-refractivity contribution in [3.05, 3.63) is 58.5 Å². The second-order valence-corrected chi connectivity index (χ2v) is 12.9. The smallest absolute Gasteiger partial charge is 0.253 e. The third-order valence-electron chi connectivity index (χ3n) is 8.32. The number of halogens is 1. The first kappa shape index (κ1) is 25.8. The molecule has 0 unspecified atom stereocenters. The Morgan fingerprint density at radius 3 is 2.54 bits per heavy atom. The monoisotopic (exact) mass is 569 g/mol. The van der Waals surface area contributed by atoms with E-state index in [9.17, 15) is 19.6 Å². The summed E-state index contributed by atoms with van der Waals surface area (Å²) in [5.74, 6) is 0.290. The molecular formula is C30H28FN7O2S. The SMILES string of the molecule is CN(c1nc(-c2ccc(F)cc2)c(C#N)s1)c1c2c(nc3cnc(N4CC5(CN(C(=O)C(C)(C)O)C5)C4)cc13)CC2. The van der Waals surface area contributed by atoms with E-state index in [1.807, 2.05) is 18.1 Å². The summed E-state index contributed by atoms with van der Waals surface area (Å²) < 4.78 is 13.5. The maximum atomic E-state index is 13.5. The Balaban J connectivity index is 1.19. The van der Waals surface area contributed by atoms with E-state index in [0.717, 1.165) is 54.0 Å². The van der Waals surface area contributed by atoms with Crippen molar-refractivity contribution >= 4 is 44.8 Å². The quantitative estimate of drug-likeness (QED) is 0.384. The predicted octanol–water partition coefficient (Wildman–Crippen LogP) is 4.05. The number of benzene rings is 1. The summed E-state index contributed by atoms with van der Waals surface area (Å²) in [4.78, 5) is 33.3. The van der Waals surface area contributed by atoms with Crippen molar-refractivity contribution in [3.8, 4) is 17.3 Å². The van der Waals surface area contributed by atoms with Crippen molar-refractivity contribution in [3.63, 3.8) is 0 Å². The van der Waals surface area contributed by atoms with E-state index < -0.39 is 5.60 Å². The molecule has 3 aromatic heterocycles. The zero-order valence-corrected chi connectivity index (χ0v) is 23.8. The van der Waals surface area contributed by atoms with E-state index in [2.05, 4.69) is 17.0 Å². The van der Waals surface area contributed by atoms with Gasteiger partial charge in [0.25, 0.3) is 5.91 Å². The summed E-state index contributed by atoms with van der Waals surface area (Å²) >= 11 is 1.31. The molecule has 3 aliphatic rings. The number of anilines is 3. The van der Waals surface area contributed by atoms with Gasteiger partial charge in [0.15, 0.2) is 5.13 Å². The largest absolute Gasteiger partial charge is 0.381 e. The molecule has 7 rings (SSSR count). The van der Waals surface area contributed by atoms with Crippen molar-refractivity contribution in [1.82, 2.24) is 19.9 Å². The highest BCUT2D eigenvalue weighted by Gasteiger charge is 2.55. The number of fused-ring (bicyclic) bond motifs is 2. The minimum absolute atomic E-state index is 0.0429. The summed E-state index contributed by atoms with van der Waals surface area (Å²) in [6.45, 7) is 5.93. The molecule has 0 saturated carbocycles. The lowest BCUT2D eigenvalue weighted by molar-refractivity contribution is -0.162. The molecule has 0 atom stereocenters. The number of likely N-dealkylation sites (tertiary alicyclic amines) is 1. The number of rotatable bonds is 5. The van der Waals surface area contributed by atoms with Gasteiger partial charge in [-0.3, -0.25) is 9.78 Å². The molecule has 2 saturated heterocycles. The molecular weight excluding hydrogens is 541 g/mol. The fourth-order valence-electron chi connectivity index (χ4n) is 6.17. The molecule has 4 aromatic rings. The topological polar surface area (TPSA) is 109 Å². The molecule has 2 aliphatic heterocycles. The number of pyridine rings is 2. The van der Waals surface area contributed by atoms with Gasteiger partial charge in [-0.1, -0.05) is 11.3 Å². The minimum atomic E-state index is -1.35. The van der Waals surface area contributed by atoms with E-state index >= 15 is 0 Å². The second-order valence-electron chi connectivity index (χ2n) is 11.9. The van der Waals surface area contributed by atoms with E-state index in [1.54, 1.807) is 17.0 Å². The molecule has 1 amide bonds. The van der Waals surface area contributed by atoms with Crippen LogP contribution in [0.4, 0.5) is 21.0 Å². The Morgan fingerprint density at radius 2 is 1.90 bits per heavy atom. The first-order chi connectivity index (χ1) is 19.5. The lowest BCUT2D eigenvalue weighted by atomic mass is 9.72. The average molecular weight is 570 g/mol. The van der Waals surface area contributed by atoms with Crippen LogP contribution < -0.4 is 9.80 Å². The van der Waals surface area contributed by atoms with Gasteiger partial charge in [0.05, 0.1) is 17.4 Å². The molecule has 1 spiro atoms. The van der Waals surface area contributed by atoms with E-state index in [0.29, 0.717) is 34.4 Å². The Kier molecular flexibility index (Phi) is 5.62. The fraction of sp³-hybridized carbons (Fsp3) is 0.367. The predicted molar refractivity (Wildman–Crippen MR) is 155 cm³/mol. The average Bonchev–Trinajstić information content (AvgIpc) is 3.32. The highest BCUT2D eigenvalue weighted by atomic mass is 32.1. The van der Waals surface area contributed by atoms with Crippen LogP contribution in [0.5, 0.6) is 0 Å². The molecule has 0 radical (unpaired) electrons. The number of aryl methyl sites for hydroxylation is 1. The zero-order chi connectivity index (χ0) is 28.7. The van der Waals surface area contributed by atoms with Crippen LogP contribution in [-0.4, -0.2) is 69.7 Å². The number of amides is 1. The Labute approximate surface area is 240 Å². The van der Waals surface area contributed by atoms with Gasteiger partial charge in [0.1, 0.15) is 33.9 Å². The Morgan fingerprint density at radius 1 is 1.17 bits per heavy atom. The highest BCUT2D eigenvalue weighted by molar-refractivity contribution is 7.16. The number of aliphatic hydroxyl groups is 1. The summed E-state index contributed by atoms with van der Waals surface area (Å²) in [5.41, 5.74) is 3.99. The Hall–Kier alpha value is -4.14. The summed E-state index contributed by atoms with van der Waals surface area (Å²) in [7, 11) is 1.96. The third kappa shape index (κ3) is 4.12. The van der Waals surface area contributed by atoms with Gasteiger partial charge in [0, 0.05) is 55.3 Å². The second kappa shape index (κ2) is 8.93. The van der Waals surface area contributed by atoms with Crippen LogP contribution in [0.1, 0.15) is 30.0 Å². The number of thiazole rings is 1. The number of carbonyl (C=O) groups excluding carboxylic acids is 1. The zero-order valence-electron chi connectivity index (χ0n) is 23.0. The van der Waals surface area contributed by atoms with Crippen molar-refractivity contribution in [2.24, 2.45) is 5.41 Å². The summed E-state index contributed by atoms with van der Waals surface area (Å²) in [5, 5.41) is 21.5. The van der Waals surface area contributed by atoms with Crippen LogP contribution in [0.2, 0.25) is 0 Å². The van der Waals surface area contributed by atoms with Gasteiger partial charge in [0.2, 0.25) is 0 Å². The molecule has 1 aliphatic carbocycles. The van der Waals surface area contributed by atoms with Crippen LogP contribution in [0.15, 0.2) is 36.5 Å². The molecule has 41 heavy (non-hydrogen) atoms. The van der Waals surface area contributed by atoms with Crippen LogP contribution in [0.3, 0.4) is 0 Å². The number of aromatic nitrogens is 3. The van der Waals surface area contributed by atoms with Gasteiger partial charge in [-0.25, -0.2) is 14.4 Å². The molecule has 1 N–H and O–H groups in total. The number of carbonyl (C=O) groups is 1. The fourth-order valence-corrected chi connectivity index (χ4v) is 7.02. The first-order valence-electron chi connectivity index (χ1n) is 13.5. The van der Waals surface area contributed by atoms with Gasteiger partial charge in [-0.05, 0) is 62.6 Å². The Bertz CT molecular complexity index is 1760. The summed E-state index contributed by atoms with van der Waals surface area (Å²) in [6.07, 6.45) is 3.64. The maximum Gasteiger partial charge on any atom is 0.253 e. The molecule has 1 aromatic carbocycles. The summed E-state index contributed by atoms with van der Waals surface area (Å²) in [6, 6.07) is 10.4. The molecule has 208 valence electrons. The van der Waals surface area contributed by atoms with Crippen molar-refractivity contribution in [1.29, 1.82) is 5.26 Å². The van der Waals surface area contributed by atoms with Gasteiger partial charge in [-0.15, -0.1) is 0 Å². The van der Waals surface area contributed by atoms with Crippen LogP contribution >= 0.6 is 11.3 Å². The van der Waals surface area contributed by atoms with Crippen molar-refractivity contribution < 1.29 is 14.3 Å². The van der Waals surface area contributed by atoms with Crippen molar-refractivity contribution in [2.45, 2.75) is 32.3 Å². The molecule has 2 fully saturated rings. The molecule has 5 heterocycles. The van der Waals surface area contributed by atoms with Crippen LogP contribution in [-0.2, 0) is 17.6 Å². The van der Waals surface area contributed by atoms with Gasteiger partial charge < -0.3 is 19.8 Å². The first-order valence-corrected chi connectivity index (χ1v) is 14.4. The standard InChI is InChI=1S/C30H28FN7O2S/c1-29(2,40)27(39)38-15-30(16-38)13-37(14-30)24-10-20-22(12-33-24)34-21-9-8-19(21)26(20)36(3)28-35-25(23(11-32)41-28)17-4-6-18(31)7-5-17/h4-7,10,12,40H,8-9,13-16H2,1-3H3. The maximum absolute atomic E-state index is 13.5. The third-order valence-corrected chi connectivity index (χ3v) is 9.36. The van der Waals surface area contributed by atoms with Gasteiger partial charge >= 0.3 is 0 Å². The van der Waals surface area contributed by atoms with Crippen LogP contribution in [0.25, 0.3) is 22.2 Å². The lowest BCUT2D eigenvalue weighted by Gasteiger charge is -2.61. The normalized spacial score (nSPS) is 17.0. The number of nitriles is 1. The van der Waals surface area contributed by atoms with Gasteiger partial charge in [-0.2, -0.15) is 5.26 Å². The minimum Gasteiger partial charge on any atom is -0.381 e. The number of hydrogen-bond donors (Lipinski definition) is 1. The number of hydrogen-bond acceptors (Lipinski definition) is 9. The van der Waals surface area contributed by atoms with Crippen molar-refractivity contribution in [2.75, 3.05) is 43.0 Å². The highest BCUT2D eigenvalue weighted by Crippen LogP contribution is 2.45. The molecule has 11 heteroatoms. The van der Waals surface area contributed by atoms with Crippen LogP contribution in [0, 0.1) is 22.6 Å². The van der Waals surface area contributed by atoms with E-state index in [4.69, 9.17) is 15.0 Å². The lowest BCUT2D eigenvalue weighted by Crippen LogP contribution is -2.74. The number of nitrogens with zero attached hydrogens (tertiary/aromatic N) is 7.